The van der Waals surface area contributed by atoms with Crippen LogP contribution in [0.1, 0.15) is 52.4 Å². The number of rotatable bonds is 5. The van der Waals surface area contributed by atoms with Gasteiger partial charge in [0.25, 0.3) is 0 Å². The van der Waals surface area contributed by atoms with E-state index < -0.39 is 0 Å². The summed E-state index contributed by atoms with van der Waals surface area (Å²) in [5.41, 5.74) is 0.814. The first-order valence-electron chi connectivity index (χ1n) is 9.57. The highest BCUT2D eigenvalue weighted by Gasteiger charge is 2.54. The number of carbonyl (C=O) groups is 1. The number of hydrogen-bond donors (Lipinski definition) is 1. The van der Waals surface area contributed by atoms with Crippen molar-refractivity contribution in [2.75, 3.05) is 11.9 Å². The van der Waals surface area contributed by atoms with Crippen molar-refractivity contribution in [2.24, 2.45) is 29.1 Å². The Morgan fingerprint density at radius 2 is 1.62 bits per heavy atom. The van der Waals surface area contributed by atoms with Crippen molar-refractivity contribution in [3.63, 3.8) is 0 Å². The molecule has 1 N–H and O–H groups in total. The van der Waals surface area contributed by atoms with Gasteiger partial charge in [-0.25, -0.2) is 0 Å². The zero-order valence-corrected chi connectivity index (χ0v) is 14.9. The molecule has 0 heterocycles. The summed E-state index contributed by atoms with van der Waals surface area (Å²) in [5, 5.41) is 3.20. The maximum Gasteiger partial charge on any atom is 0.230 e. The van der Waals surface area contributed by atoms with Gasteiger partial charge in [-0.15, -0.1) is 0 Å². The van der Waals surface area contributed by atoms with E-state index in [2.05, 4.69) is 19.2 Å². The van der Waals surface area contributed by atoms with Crippen LogP contribution in [0.5, 0.6) is 5.75 Å². The van der Waals surface area contributed by atoms with Crippen LogP contribution >= 0.6 is 0 Å². The van der Waals surface area contributed by atoms with Crippen molar-refractivity contribution < 1.29 is 9.53 Å². The molecule has 0 atom stereocenters. The van der Waals surface area contributed by atoms with E-state index >= 15 is 0 Å². The Morgan fingerprint density at radius 1 is 1.08 bits per heavy atom. The van der Waals surface area contributed by atoms with Crippen molar-refractivity contribution in [3.8, 4) is 5.75 Å². The normalized spacial score (nSPS) is 33.7. The second-order valence-corrected chi connectivity index (χ2v) is 8.88. The molecular formula is C21H29NO2. The van der Waals surface area contributed by atoms with Crippen LogP contribution < -0.4 is 10.1 Å². The molecule has 4 saturated carbocycles. The highest BCUT2D eigenvalue weighted by Crippen LogP contribution is 2.60. The van der Waals surface area contributed by atoms with Gasteiger partial charge in [0, 0.05) is 5.69 Å². The number of nitrogens with one attached hydrogen (secondary N) is 1. The van der Waals surface area contributed by atoms with Gasteiger partial charge >= 0.3 is 0 Å². The van der Waals surface area contributed by atoms with Gasteiger partial charge in [0.15, 0.2) is 0 Å². The van der Waals surface area contributed by atoms with Crippen molar-refractivity contribution in [1.82, 2.24) is 0 Å². The van der Waals surface area contributed by atoms with Crippen LogP contribution in [0.25, 0.3) is 0 Å². The lowest BCUT2D eigenvalue weighted by atomic mass is 9.49. The van der Waals surface area contributed by atoms with Crippen LogP contribution in [0.15, 0.2) is 24.3 Å². The quantitative estimate of drug-likeness (QED) is 0.837. The summed E-state index contributed by atoms with van der Waals surface area (Å²) in [4.78, 5) is 13.0. The number of anilines is 1. The molecule has 4 bridgehead atoms. The molecule has 1 aromatic rings. The van der Waals surface area contributed by atoms with Crippen molar-refractivity contribution in [3.05, 3.63) is 24.3 Å². The molecule has 3 nitrogen and oxygen atoms in total. The van der Waals surface area contributed by atoms with Gasteiger partial charge in [-0.05, 0) is 86.5 Å². The highest BCUT2D eigenvalue weighted by atomic mass is 16.5. The molecule has 4 aliphatic rings. The molecular weight excluding hydrogens is 298 g/mol. The SMILES string of the molecule is CC(C)COc1ccc(NC(=O)C23CC4CC(CC(C4)C2)C3)cc1. The Labute approximate surface area is 145 Å². The lowest BCUT2D eigenvalue weighted by molar-refractivity contribution is -0.140. The van der Waals surface area contributed by atoms with E-state index in [0.717, 1.165) is 55.1 Å². The standard InChI is InChI=1S/C21H29NO2/c1-14(2)13-24-19-5-3-18(4-6-19)22-20(23)21-10-15-7-16(11-21)9-17(8-15)12-21/h3-6,14-17H,7-13H2,1-2H3,(H,22,23). The third-order valence-electron chi connectivity index (χ3n) is 6.22. The number of hydrogen-bond acceptors (Lipinski definition) is 2. The van der Waals surface area contributed by atoms with Gasteiger partial charge < -0.3 is 10.1 Å². The van der Waals surface area contributed by atoms with Gasteiger partial charge in [-0.2, -0.15) is 0 Å². The molecule has 130 valence electrons. The van der Waals surface area contributed by atoms with Gasteiger partial charge in [-0.1, -0.05) is 13.8 Å². The van der Waals surface area contributed by atoms with Crippen molar-refractivity contribution in [1.29, 1.82) is 0 Å². The zero-order valence-electron chi connectivity index (χ0n) is 14.9. The van der Waals surface area contributed by atoms with Crippen LogP contribution in [-0.4, -0.2) is 12.5 Å². The fourth-order valence-electron chi connectivity index (χ4n) is 5.55. The number of amides is 1. The molecule has 0 saturated heterocycles. The predicted molar refractivity (Wildman–Crippen MR) is 96.0 cm³/mol. The van der Waals surface area contributed by atoms with Crippen LogP contribution in [-0.2, 0) is 4.79 Å². The highest BCUT2D eigenvalue weighted by molar-refractivity contribution is 5.95. The minimum absolute atomic E-state index is 0.0818. The van der Waals surface area contributed by atoms with Crippen molar-refractivity contribution in [2.45, 2.75) is 52.4 Å². The molecule has 0 aromatic heterocycles. The van der Waals surface area contributed by atoms with E-state index in [1.165, 1.54) is 19.3 Å². The summed E-state index contributed by atoms with van der Waals surface area (Å²) < 4.78 is 5.72. The molecule has 0 radical (unpaired) electrons. The molecule has 3 heteroatoms. The average molecular weight is 327 g/mol. The van der Waals surface area contributed by atoms with E-state index in [-0.39, 0.29) is 11.3 Å². The topological polar surface area (TPSA) is 38.3 Å². The molecule has 0 aliphatic heterocycles. The molecule has 24 heavy (non-hydrogen) atoms. The minimum atomic E-state index is -0.0818. The second-order valence-electron chi connectivity index (χ2n) is 8.88. The summed E-state index contributed by atoms with van der Waals surface area (Å²) in [5.74, 6) is 4.05. The van der Waals surface area contributed by atoms with Gasteiger partial charge in [0.05, 0.1) is 12.0 Å². The van der Waals surface area contributed by atoms with E-state index in [0.29, 0.717) is 5.92 Å². The summed E-state index contributed by atoms with van der Waals surface area (Å²) >= 11 is 0. The Balaban J connectivity index is 1.41. The Hall–Kier alpha value is -1.51. The van der Waals surface area contributed by atoms with Crippen LogP contribution in [0, 0.1) is 29.1 Å². The van der Waals surface area contributed by atoms with Gasteiger partial charge in [0.2, 0.25) is 5.91 Å². The Morgan fingerprint density at radius 3 is 2.12 bits per heavy atom. The van der Waals surface area contributed by atoms with Crippen LogP contribution in [0.3, 0.4) is 0 Å². The maximum atomic E-state index is 13.0. The van der Waals surface area contributed by atoms with E-state index in [4.69, 9.17) is 4.74 Å². The Bertz CT molecular complexity index is 569. The lowest BCUT2D eigenvalue weighted by Crippen LogP contribution is -2.51. The van der Waals surface area contributed by atoms with E-state index in [9.17, 15) is 4.79 Å². The van der Waals surface area contributed by atoms with Crippen molar-refractivity contribution >= 4 is 11.6 Å². The Kier molecular flexibility index (Phi) is 4.06. The molecule has 0 unspecified atom stereocenters. The molecule has 4 fully saturated rings. The first kappa shape index (κ1) is 16.0. The monoisotopic (exact) mass is 327 g/mol. The van der Waals surface area contributed by atoms with Gasteiger partial charge in [0.1, 0.15) is 5.75 Å². The average Bonchev–Trinajstić information content (AvgIpc) is 2.53. The second kappa shape index (κ2) is 6.09. The van der Waals surface area contributed by atoms with Gasteiger partial charge in [-0.3, -0.25) is 4.79 Å². The third kappa shape index (κ3) is 3.05. The van der Waals surface area contributed by atoms with E-state index in [1.54, 1.807) is 0 Å². The summed E-state index contributed by atoms with van der Waals surface area (Å²) in [6.07, 6.45) is 7.44. The molecule has 1 aromatic carbocycles. The molecule has 1 amide bonds. The fourth-order valence-corrected chi connectivity index (χ4v) is 5.55. The third-order valence-corrected chi connectivity index (χ3v) is 6.22. The largest absolute Gasteiger partial charge is 0.493 e. The lowest BCUT2D eigenvalue weighted by Gasteiger charge is -2.55. The number of ether oxygens (including phenoxy) is 1. The summed E-state index contributed by atoms with van der Waals surface area (Å²) in [7, 11) is 0. The molecule has 4 aliphatic carbocycles. The predicted octanol–water partition coefficient (Wildman–Crippen LogP) is 4.88. The zero-order chi connectivity index (χ0) is 16.7. The minimum Gasteiger partial charge on any atom is -0.493 e. The summed E-state index contributed by atoms with van der Waals surface area (Å²) in [6, 6.07) is 7.84. The van der Waals surface area contributed by atoms with Crippen LogP contribution in [0.4, 0.5) is 5.69 Å². The smallest absolute Gasteiger partial charge is 0.230 e. The molecule has 0 spiro atoms. The molecule has 5 rings (SSSR count). The first-order valence-corrected chi connectivity index (χ1v) is 9.57. The maximum absolute atomic E-state index is 13.0. The fraction of sp³-hybridized carbons (Fsp3) is 0.667. The van der Waals surface area contributed by atoms with E-state index in [1.807, 2.05) is 24.3 Å². The first-order chi connectivity index (χ1) is 11.5. The number of benzene rings is 1. The summed E-state index contributed by atoms with van der Waals surface area (Å²) in [6.45, 7) is 5.00. The number of carbonyl (C=O) groups excluding carboxylic acids is 1. The van der Waals surface area contributed by atoms with Crippen LogP contribution in [0.2, 0.25) is 0 Å².